The molecule has 0 spiro atoms. The Bertz CT molecular complexity index is 6310. The SMILES string of the molecule is CC(C)(C)OC(=O)N1Cc2cnc(C(C#N)c3ccccc3)cc2C1.CC(C)(C)OC(=O)N1Cc2cnc(C(CN)c3ccccc3)cc2C1.CC(C)(C)OC(=O)N1Cc2cnc(Cl)cc2C1.CCC(c1ccccc1)c1cc2c(cn1)CN(C(=O)OC(C)(C)C)C2.CCCC(c1ccccc1)c1cc2c(cn1)CN(C(=O)OC(C)(C)C)C2.CCCC(c1ccccc1)c1cc2c(cn1)CNC2.N#CCc1ccccc1. The van der Waals surface area contributed by atoms with Gasteiger partial charge in [-0.2, -0.15) is 10.5 Å². The number of carbonyl (C=O) groups is 5. The maximum atomic E-state index is 12.4. The molecule has 12 aromatic rings. The number of aromatic nitrogens is 6. The molecular weight excluding hydrogens is 1850 g/mol. The predicted octanol–water partition coefficient (Wildman–Crippen LogP) is 25.9. The topological polar surface area (TPSA) is 311 Å². The van der Waals surface area contributed by atoms with Gasteiger partial charge in [-0.3, -0.25) is 49.4 Å². The van der Waals surface area contributed by atoms with Crippen molar-refractivity contribution in [3.63, 3.8) is 0 Å². The number of nitriles is 2. The molecule has 6 aliphatic rings. The first-order valence-electron chi connectivity index (χ1n) is 50.5. The van der Waals surface area contributed by atoms with E-state index in [1.807, 2.05) is 220 Å². The summed E-state index contributed by atoms with van der Waals surface area (Å²) in [6, 6.07) is 78.0. The summed E-state index contributed by atoms with van der Waals surface area (Å²) in [5.41, 5.74) is 29.3. The molecule has 146 heavy (non-hydrogen) atoms. The van der Waals surface area contributed by atoms with Crippen molar-refractivity contribution in [2.24, 2.45) is 5.73 Å². The Morgan fingerprint density at radius 3 is 0.897 bits per heavy atom. The number of halogens is 1. The summed E-state index contributed by atoms with van der Waals surface area (Å²) < 4.78 is 27.2. The number of nitrogens with zero attached hydrogens (tertiary/aromatic N) is 13. The van der Waals surface area contributed by atoms with Crippen LogP contribution in [0.15, 0.2) is 256 Å². The number of benzene rings is 6. The zero-order valence-corrected chi connectivity index (χ0v) is 88.7. The van der Waals surface area contributed by atoms with Crippen LogP contribution in [0.2, 0.25) is 5.15 Å². The standard InChI is InChI=1S/C22H28N2O2.C21H26N2O2.C20H25N3O2.C20H21N3O2.C17H20N2.C12H15ClN2O2.C8H7N/c1-5-9-19(16-10-7-6-8-11-16)20-12-17-14-24(15-18(17)13-23-20)21(25)26-22(2,3)4;1-5-18(15-9-7-6-8-10-15)19-11-16-13-23(14-17(16)12-22-19)20(24)25-21(2,3)4;2*1-20(2,3)25-19(24)23-12-15-9-18(22-11-16(15)13-23)17(10-21)14-7-5-4-6-8-14;1-2-6-16(13-7-4-3-5-8-13)17-9-14-10-18-11-15(14)12-19-17;1-12(2,3)17-11(16)15-6-8-4-10(13)14-5-9(8)7-15;9-7-6-8-4-2-1-3-5-8/h6-8,10-13,19H,5,9,14-15H2,1-4H3;6-12,18H,5,13-14H2,1-4H3;4-9,11,17H,10,12-13,21H2,1-3H3;4-9,11,17H,12-13H2,1-3H3;3-5,7-9,12,16,18H,2,6,10-11H2,1H3;4-5H,6-7H2,1-3H3;1-5H,6H2. The van der Waals surface area contributed by atoms with E-state index in [9.17, 15) is 29.2 Å². The molecule has 26 heteroatoms. The Morgan fingerprint density at radius 1 is 0.336 bits per heavy atom. The second-order valence-electron chi connectivity index (χ2n) is 42.3. The summed E-state index contributed by atoms with van der Waals surface area (Å²) in [5.74, 6) is 0.644. The summed E-state index contributed by atoms with van der Waals surface area (Å²) in [6.45, 7) is 42.6. The number of ether oxygens (including phenoxy) is 5. The second-order valence-corrected chi connectivity index (χ2v) is 42.7. The molecule has 5 amide bonds. The van der Waals surface area contributed by atoms with Gasteiger partial charge in [-0.15, -0.1) is 0 Å². The smallest absolute Gasteiger partial charge is 0.410 e. The average molecular weight is 1990 g/mol. The second kappa shape index (κ2) is 51.0. The Balaban J connectivity index is 0.000000154. The highest BCUT2D eigenvalue weighted by Gasteiger charge is 2.36. The van der Waals surface area contributed by atoms with Crippen molar-refractivity contribution >= 4 is 42.1 Å². The first-order chi connectivity index (χ1) is 69.6. The van der Waals surface area contributed by atoms with Crippen molar-refractivity contribution in [1.82, 2.24) is 59.7 Å². The molecular formula is C120H142ClN15O10. The number of amides is 5. The summed E-state index contributed by atoms with van der Waals surface area (Å²) in [5, 5.41) is 21.7. The zero-order valence-electron chi connectivity index (χ0n) is 87.9. The van der Waals surface area contributed by atoms with Gasteiger partial charge in [0.05, 0.1) is 57.0 Å². The maximum absolute atomic E-state index is 12.4. The molecule has 12 heterocycles. The van der Waals surface area contributed by atoms with Gasteiger partial charge in [-0.05, 0) is 260 Å². The molecule has 5 atom stereocenters. The van der Waals surface area contributed by atoms with Gasteiger partial charge in [-0.1, -0.05) is 227 Å². The molecule has 6 aliphatic heterocycles. The Labute approximate surface area is 867 Å². The number of rotatable bonds is 17. The van der Waals surface area contributed by atoms with E-state index in [4.69, 9.17) is 56.2 Å². The lowest BCUT2D eigenvalue weighted by Crippen LogP contribution is -2.33. The summed E-state index contributed by atoms with van der Waals surface area (Å²) in [6.07, 6.45) is 15.8. The van der Waals surface area contributed by atoms with Gasteiger partial charge in [0, 0.05) is 136 Å². The summed E-state index contributed by atoms with van der Waals surface area (Å²) in [4.78, 5) is 96.8. The van der Waals surface area contributed by atoms with Gasteiger partial charge < -0.3 is 34.7 Å². The molecule has 0 saturated carbocycles. The molecule has 0 radical (unpaired) electrons. The Hall–Kier alpha value is -14.2. The minimum absolute atomic E-state index is 0.0575. The van der Waals surface area contributed by atoms with Crippen LogP contribution >= 0.6 is 11.6 Å². The van der Waals surface area contributed by atoms with E-state index < -0.39 is 33.9 Å². The van der Waals surface area contributed by atoms with Gasteiger partial charge in [0.2, 0.25) is 0 Å². The van der Waals surface area contributed by atoms with Crippen LogP contribution in [-0.4, -0.2) is 119 Å². The average Bonchev–Trinajstić information content (AvgIpc) is 1.67. The number of fused-ring (bicyclic) bond motifs is 6. The van der Waals surface area contributed by atoms with E-state index >= 15 is 0 Å². The Kier molecular flexibility index (Phi) is 38.6. The third-order valence-electron chi connectivity index (χ3n) is 24.8. The molecule has 18 rings (SSSR count). The molecule has 5 unspecified atom stereocenters. The van der Waals surface area contributed by atoms with Crippen molar-refractivity contribution in [2.45, 2.75) is 299 Å². The van der Waals surface area contributed by atoms with E-state index in [1.54, 1.807) is 43.0 Å². The number of carbonyl (C=O) groups excluding carboxylic acids is 5. The van der Waals surface area contributed by atoms with Crippen molar-refractivity contribution in [1.29, 1.82) is 10.5 Å². The fourth-order valence-corrected chi connectivity index (χ4v) is 18.0. The predicted molar refractivity (Wildman–Crippen MR) is 570 cm³/mol. The summed E-state index contributed by atoms with van der Waals surface area (Å²) in [7, 11) is 0. The number of nitrogens with one attached hydrogen (secondary N) is 1. The third-order valence-corrected chi connectivity index (χ3v) is 25.0. The third kappa shape index (κ3) is 32.4. The van der Waals surface area contributed by atoms with Crippen molar-refractivity contribution in [3.8, 4) is 12.1 Å². The Morgan fingerprint density at radius 2 is 0.589 bits per heavy atom. The number of pyridine rings is 6. The van der Waals surface area contributed by atoms with Gasteiger partial charge in [0.1, 0.15) is 39.1 Å². The largest absolute Gasteiger partial charge is 0.444 e. The van der Waals surface area contributed by atoms with Crippen LogP contribution in [0, 0.1) is 22.7 Å². The molecule has 0 saturated heterocycles. The van der Waals surface area contributed by atoms with Crippen LogP contribution in [0.3, 0.4) is 0 Å². The van der Waals surface area contributed by atoms with E-state index in [1.165, 1.54) is 51.1 Å². The zero-order chi connectivity index (χ0) is 105. The molecule has 0 fully saturated rings. The molecule has 25 nitrogen and oxygen atoms in total. The van der Waals surface area contributed by atoms with Crippen LogP contribution < -0.4 is 11.1 Å². The molecule has 3 N–H and O–H groups in total. The fourth-order valence-electron chi connectivity index (χ4n) is 17.8. The normalized spacial score (nSPS) is 14.5. The van der Waals surface area contributed by atoms with Crippen molar-refractivity contribution < 1.29 is 47.7 Å². The molecule has 6 aromatic heterocycles. The van der Waals surface area contributed by atoms with Crippen LogP contribution in [0.4, 0.5) is 24.0 Å². The van der Waals surface area contributed by atoms with E-state index in [-0.39, 0.29) is 42.3 Å². The van der Waals surface area contributed by atoms with E-state index in [2.05, 4.69) is 180 Å². The van der Waals surface area contributed by atoms with Crippen LogP contribution in [0.5, 0.6) is 0 Å². The van der Waals surface area contributed by atoms with Gasteiger partial charge >= 0.3 is 30.5 Å². The monoisotopic (exact) mass is 1990 g/mol. The summed E-state index contributed by atoms with van der Waals surface area (Å²) >= 11 is 5.81. The number of hydrogen-bond donors (Lipinski definition) is 2. The highest BCUT2D eigenvalue weighted by molar-refractivity contribution is 6.29. The van der Waals surface area contributed by atoms with Crippen LogP contribution in [0.1, 0.15) is 315 Å². The quantitative estimate of drug-likeness (QED) is 0.0632. The van der Waals surface area contributed by atoms with Crippen LogP contribution in [-0.2, 0) is 109 Å². The van der Waals surface area contributed by atoms with E-state index in [0.29, 0.717) is 101 Å². The fraction of sp³-hybridized carbons (Fsp3) is 0.392. The molecule has 0 aliphatic carbocycles. The van der Waals surface area contributed by atoms with Gasteiger partial charge in [-0.25, -0.2) is 29.0 Å². The van der Waals surface area contributed by atoms with Crippen molar-refractivity contribution in [3.05, 3.63) is 389 Å². The first kappa shape index (κ1) is 111. The molecule has 764 valence electrons. The van der Waals surface area contributed by atoms with Gasteiger partial charge in [0.25, 0.3) is 0 Å². The highest BCUT2D eigenvalue weighted by atomic mass is 35.5. The lowest BCUT2D eigenvalue weighted by molar-refractivity contribution is 0.0232. The van der Waals surface area contributed by atoms with Gasteiger partial charge in [0.15, 0.2) is 0 Å². The minimum Gasteiger partial charge on any atom is -0.444 e. The van der Waals surface area contributed by atoms with Crippen molar-refractivity contribution in [2.75, 3.05) is 6.54 Å². The maximum Gasteiger partial charge on any atom is 0.410 e. The minimum atomic E-state index is -0.519. The highest BCUT2D eigenvalue weighted by Crippen LogP contribution is 2.39. The number of nitrogens with two attached hydrogens (primary N) is 1. The van der Waals surface area contributed by atoms with E-state index in [0.717, 1.165) is 117 Å². The number of hydrogen-bond acceptors (Lipinski definition) is 20. The molecule has 0 bridgehead atoms. The lowest BCUT2D eigenvalue weighted by Gasteiger charge is -2.24. The van der Waals surface area contributed by atoms with Crippen LogP contribution in [0.25, 0.3) is 0 Å². The lowest BCUT2D eigenvalue weighted by atomic mass is 9.90. The molecule has 6 aromatic carbocycles. The first-order valence-corrected chi connectivity index (χ1v) is 50.9.